The molecule has 0 aromatic carbocycles. The van der Waals surface area contributed by atoms with Crippen molar-refractivity contribution < 1.29 is 24.5 Å². The number of hydrogen-bond acceptors (Lipinski definition) is 5. The van der Waals surface area contributed by atoms with E-state index < -0.39 is 18.2 Å². The first-order valence-electron chi connectivity index (χ1n) is 28.5. The highest BCUT2D eigenvalue weighted by Gasteiger charge is 2.24. The summed E-state index contributed by atoms with van der Waals surface area (Å²) in [6.07, 6.45) is 67.1. The molecule has 0 saturated heterocycles. The number of ether oxygens (including phenoxy) is 1. The Morgan fingerprint density at radius 2 is 0.773 bits per heavy atom. The fraction of sp³-hybridized carbons (Fsp3) is 0.800. The molecule has 0 aromatic rings. The predicted molar refractivity (Wildman–Crippen MR) is 287 cm³/mol. The van der Waals surface area contributed by atoms with Gasteiger partial charge < -0.3 is 20.3 Å². The second kappa shape index (κ2) is 53.5. The van der Waals surface area contributed by atoms with Crippen LogP contribution in [0.5, 0.6) is 0 Å². The van der Waals surface area contributed by atoms with Gasteiger partial charge in [0.05, 0.1) is 25.2 Å². The summed E-state index contributed by atoms with van der Waals surface area (Å²) in [7, 11) is 0. The lowest BCUT2D eigenvalue weighted by molar-refractivity contribution is -0.151. The van der Waals surface area contributed by atoms with Crippen LogP contribution in [0.1, 0.15) is 284 Å². The molecule has 0 aliphatic heterocycles. The van der Waals surface area contributed by atoms with Crippen molar-refractivity contribution in [1.82, 2.24) is 5.32 Å². The summed E-state index contributed by atoms with van der Waals surface area (Å²) in [5.41, 5.74) is 0. The normalized spacial score (nSPS) is 13.6. The molecule has 0 aliphatic carbocycles. The zero-order valence-electron chi connectivity index (χ0n) is 43.8. The maximum atomic E-state index is 13.3. The van der Waals surface area contributed by atoms with Crippen molar-refractivity contribution >= 4 is 11.9 Å². The molecule has 0 aliphatic rings. The number of amides is 1. The minimum atomic E-state index is -0.802. The average Bonchev–Trinajstić information content (AvgIpc) is 3.31. The van der Waals surface area contributed by atoms with Gasteiger partial charge >= 0.3 is 5.97 Å². The summed E-state index contributed by atoms with van der Waals surface area (Å²) >= 11 is 0. The Bertz CT molecular complexity index is 1170. The van der Waals surface area contributed by atoms with Crippen LogP contribution in [-0.2, 0) is 14.3 Å². The van der Waals surface area contributed by atoms with Crippen LogP contribution in [0.25, 0.3) is 0 Å². The molecular formula is C60H109NO5. The summed E-state index contributed by atoms with van der Waals surface area (Å²) in [4.78, 5) is 26.2. The Hall–Kier alpha value is -2.44. The molecule has 3 atom stereocenters. The lowest BCUT2D eigenvalue weighted by Gasteiger charge is -2.24. The summed E-state index contributed by atoms with van der Waals surface area (Å²) in [5.74, 6) is -0.549. The first kappa shape index (κ1) is 63.6. The largest absolute Gasteiger partial charge is 0.462 e. The van der Waals surface area contributed by atoms with Gasteiger partial charge in [-0.15, -0.1) is 0 Å². The number of hydrogen-bond donors (Lipinski definition) is 3. The quantitative estimate of drug-likeness (QED) is 0.0321. The van der Waals surface area contributed by atoms with Crippen LogP contribution in [0.15, 0.2) is 60.8 Å². The summed E-state index contributed by atoms with van der Waals surface area (Å²) in [5, 5.41) is 23.8. The maximum Gasteiger partial charge on any atom is 0.306 e. The van der Waals surface area contributed by atoms with E-state index in [1.807, 2.05) is 0 Å². The van der Waals surface area contributed by atoms with E-state index in [4.69, 9.17) is 4.74 Å². The first-order valence-corrected chi connectivity index (χ1v) is 28.5. The van der Waals surface area contributed by atoms with Gasteiger partial charge in [-0.25, -0.2) is 0 Å². The van der Waals surface area contributed by atoms with E-state index >= 15 is 0 Å². The van der Waals surface area contributed by atoms with Crippen LogP contribution in [0, 0.1) is 0 Å². The third-order valence-corrected chi connectivity index (χ3v) is 12.8. The van der Waals surface area contributed by atoms with E-state index in [0.717, 1.165) is 77.0 Å². The van der Waals surface area contributed by atoms with Crippen LogP contribution in [0.3, 0.4) is 0 Å². The highest BCUT2D eigenvalue weighted by molar-refractivity contribution is 5.77. The standard InChI is InChI=1S/C60H109NO5/c1-4-7-10-13-16-19-22-25-28-30-32-35-38-41-44-47-50-53-60(65)66-56(51-48-45-42-39-36-33-31-29-26-23-20-17-14-11-8-5-2)54-59(64)61-57(55-62)58(63)52-49-46-43-40-37-34-27-24-21-18-15-12-9-6-3/h16,19,25,28,32-33,35-36,41,44,56-58,62-63H,4-15,17-18,20-24,26-27,29-31,34,37-40,42-43,45-55H2,1-3H3,(H,61,64)/b19-16-,28-25-,35-32-,36-33+,44-41-. The number of carbonyl (C=O) groups excluding carboxylic acids is 2. The SMILES string of the molecule is CCCCC/C=C\C/C=C\C/C=C\C/C=C\CCCC(=O)OC(CCCCC/C=C/CCCCCCCCCCC)CC(=O)NC(CO)C(O)CCCCCCCCCCCCCCCC. The Morgan fingerprint density at radius 1 is 0.439 bits per heavy atom. The number of aliphatic hydroxyl groups excluding tert-OH is 2. The average molecular weight is 925 g/mol. The van der Waals surface area contributed by atoms with Gasteiger partial charge in [0.15, 0.2) is 0 Å². The van der Waals surface area contributed by atoms with Crippen LogP contribution >= 0.6 is 0 Å². The van der Waals surface area contributed by atoms with Crippen LogP contribution in [-0.4, -0.2) is 46.9 Å². The number of nitrogens with one attached hydrogen (secondary N) is 1. The maximum absolute atomic E-state index is 13.3. The molecular weight excluding hydrogens is 815 g/mol. The molecule has 0 radical (unpaired) electrons. The minimum absolute atomic E-state index is 0.0453. The van der Waals surface area contributed by atoms with Crippen molar-refractivity contribution in [2.45, 2.75) is 302 Å². The van der Waals surface area contributed by atoms with Gasteiger partial charge in [0, 0.05) is 6.42 Å². The molecule has 3 N–H and O–H groups in total. The van der Waals surface area contributed by atoms with Gasteiger partial charge in [-0.3, -0.25) is 9.59 Å². The smallest absolute Gasteiger partial charge is 0.306 e. The number of aliphatic hydroxyl groups is 2. The molecule has 0 spiro atoms. The van der Waals surface area contributed by atoms with Crippen molar-refractivity contribution in [3.63, 3.8) is 0 Å². The lowest BCUT2D eigenvalue weighted by Crippen LogP contribution is -2.46. The Labute approximate surface area is 409 Å². The molecule has 66 heavy (non-hydrogen) atoms. The van der Waals surface area contributed by atoms with E-state index in [0.29, 0.717) is 25.7 Å². The summed E-state index contributed by atoms with van der Waals surface area (Å²) in [6.45, 7) is 6.46. The molecule has 0 saturated carbocycles. The highest BCUT2D eigenvalue weighted by atomic mass is 16.5. The van der Waals surface area contributed by atoms with Crippen LogP contribution < -0.4 is 5.32 Å². The lowest BCUT2D eigenvalue weighted by atomic mass is 10.0. The Kier molecular flexibility index (Phi) is 51.5. The third-order valence-electron chi connectivity index (χ3n) is 12.8. The van der Waals surface area contributed by atoms with Crippen molar-refractivity contribution in [2.24, 2.45) is 0 Å². The van der Waals surface area contributed by atoms with Crippen molar-refractivity contribution in [2.75, 3.05) is 6.61 Å². The molecule has 0 rings (SSSR count). The summed E-state index contributed by atoms with van der Waals surface area (Å²) in [6, 6.07) is -0.719. The second-order valence-electron chi connectivity index (χ2n) is 19.3. The molecule has 6 nitrogen and oxygen atoms in total. The third kappa shape index (κ3) is 48.0. The Morgan fingerprint density at radius 3 is 1.23 bits per heavy atom. The number of allylic oxidation sites excluding steroid dienone is 10. The van der Waals surface area contributed by atoms with Crippen LogP contribution in [0.4, 0.5) is 0 Å². The predicted octanol–water partition coefficient (Wildman–Crippen LogP) is 17.6. The number of carbonyl (C=O) groups is 2. The van der Waals surface area contributed by atoms with Gasteiger partial charge in [-0.1, -0.05) is 242 Å². The van der Waals surface area contributed by atoms with E-state index in [2.05, 4.69) is 86.8 Å². The van der Waals surface area contributed by atoms with Crippen molar-refractivity contribution in [3.05, 3.63) is 60.8 Å². The molecule has 1 amide bonds. The zero-order valence-corrected chi connectivity index (χ0v) is 43.8. The van der Waals surface area contributed by atoms with Crippen LogP contribution in [0.2, 0.25) is 0 Å². The number of unbranched alkanes of at least 4 members (excludes halogenated alkanes) is 29. The van der Waals surface area contributed by atoms with Gasteiger partial charge in [0.2, 0.25) is 5.91 Å². The van der Waals surface area contributed by atoms with E-state index in [1.165, 1.54) is 154 Å². The molecule has 3 unspecified atom stereocenters. The van der Waals surface area contributed by atoms with Gasteiger partial charge in [-0.05, 0) is 89.9 Å². The van der Waals surface area contributed by atoms with Crippen molar-refractivity contribution in [3.8, 4) is 0 Å². The second-order valence-corrected chi connectivity index (χ2v) is 19.3. The molecule has 6 heteroatoms. The molecule has 384 valence electrons. The molecule has 0 fully saturated rings. The molecule has 0 bridgehead atoms. The van der Waals surface area contributed by atoms with Gasteiger partial charge in [0.25, 0.3) is 0 Å². The summed E-state index contributed by atoms with van der Waals surface area (Å²) < 4.78 is 5.92. The minimum Gasteiger partial charge on any atom is -0.462 e. The van der Waals surface area contributed by atoms with Gasteiger partial charge in [-0.2, -0.15) is 0 Å². The fourth-order valence-electron chi connectivity index (χ4n) is 8.48. The van der Waals surface area contributed by atoms with Gasteiger partial charge in [0.1, 0.15) is 6.10 Å². The van der Waals surface area contributed by atoms with Crippen molar-refractivity contribution in [1.29, 1.82) is 0 Å². The number of rotatable bonds is 51. The monoisotopic (exact) mass is 924 g/mol. The first-order chi connectivity index (χ1) is 32.5. The van der Waals surface area contributed by atoms with E-state index in [-0.39, 0.29) is 24.9 Å². The zero-order chi connectivity index (χ0) is 48.1. The molecule has 0 aromatic heterocycles. The van der Waals surface area contributed by atoms with E-state index in [9.17, 15) is 19.8 Å². The molecule has 0 heterocycles. The fourth-order valence-corrected chi connectivity index (χ4v) is 8.48. The van der Waals surface area contributed by atoms with E-state index in [1.54, 1.807) is 0 Å². The Balaban J connectivity index is 4.67. The highest BCUT2D eigenvalue weighted by Crippen LogP contribution is 2.17. The number of esters is 1. The topological polar surface area (TPSA) is 95.9 Å².